The van der Waals surface area contributed by atoms with E-state index in [4.69, 9.17) is 5.11 Å². The lowest BCUT2D eigenvalue weighted by Gasteiger charge is -2.39. The molecule has 0 aliphatic heterocycles. The van der Waals surface area contributed by atoms with Gasteiger partial charge >= 0.3 is 11.9 Å². The Kier molecular flexibility index (Phi) is 9.75. The highest BCUT2D eigenvalue weighted by Crippen LogP contribution is 2.45. The summed E-state index contributed by atoms with van der Waals surface area (Å²) in [5.41, 5.74) is -0.611. The minimum Gasteiger partial charge on any atom is -0.481 e. The van der Waals surface area contributed by atoms with Gasteiger partial charge in [0.15, 0.2) is 0 Å². The van der Waals surface area contributed by atoms with Gasteiger partial charge in [0.25, 0.3) is 0 Å². The van der Waals surface area contributed by atoms with Gasteiger partial charge in [-0.15, -0.1) is 0 Å². The van der Waals surface area contributed by atoms with Crippen molar-refractivity contribution < 1.29 is 19.8 Å². The van der Waals surface area contributed by atoms with Crippen LogP contribution < -0.4 is 0 Å². The van der Waals surface area contributed by atoms with Crippen LogP contribution in [0, 0.1) is 28.6 Å². The Morgan fingerprint density at radius 3 is 1.96 bits per heavy atom. The highest BCUT2D eigenvalue weighted by Gasteiger charge is 2.44. The Balaban J connectivity index is 5.23. The van der Waals surface area contributed by atoms with E-state index in [1.54, 1.807) is 6.92 Å². The van der Waals surface area contributed by atoms with E-state index in [1.807, 2.05) is 6.92 Å². The molecule has 0 spiro atoms. The molecule has 0 radical (unpaired) electrons. The van der Waals surface area contributed by atoms with Gasteiger partial charge in [-0.25, -0.2) is 0 Å². The van der Waals surface area contributed by atoms with Gasteiger partial charge in [0.2, 0.25) is 0 Å². The lowest BCUT2D eigenvalue weighted by molar-refractivity contribution is -0.155. The standard InChI is InChI=1S/C21H40O4/c1-8-9-11-21(19(24)25,17(4)14-20(5,6)7)12-10-15(2)13-16(3)18(22)23/h15-17H,8-14H2,1-7H3,(H,22,23)(H,24,25). The fourth-order valence-corrected chi connectivity index (χ4v) is 3.97. The fraction of sp³-hybridized carbons (Fsp3) is 0.905. The maximum absolute atomic E-state index is 12.3. The van der Waals surface area contributed by atoms with Gasteiger partial charge in [-0.05, 0) is 49.4 Å². The topological polar surface area (TPSA) is 74.6 Å². The van der Waals surface area contributed by atoms with Crippen LogP contribution in [0.25, 0.3) is 0 Å². The van der Waals surface area contributed by atoms with Crippen molar-refractivity contribution in [3.63, 3.8) is 0 Å². The Morgan fingerprint density at radius 2 is 1.56 bits per heavy atom. The van der Waals surface area contributed by atoms with E-state index < -0.39 is 17.4 Å². The molecule has 0 aromatic carbocycles. The van der Waals surface area contributed by atoms with Crippen LogP contribution in [-0.2, 0) is 9.59 Å². The van der Waals surface area contributed by atoms with E-state index >= 15 is 0 Å². The van der Waals surface area contributed by atoms with Gasteiger partial charge in [-0.3, -0.25) is 9.59 Å². The van der Waals surface area contributed by atoms with Gasteiger partial charge in [-0.1, -0.05) is 61.3 Å². The molecular formula is C21H40O4. The molecule has 4 nitrogen and oxygen atoms in total. The summed E-state index contributed by atoms with van der Waals surface area (Å²) < 4.78 is 0. The Morgan fingerprint density at radius 1 is 1.00 bits per heavy atom. The van der Waals surface area contributed by atoms with Crippen LogP contribution in [0.4, 0.5) is 0 Å². The minimum atomic E-state index is -0.775. The molecule has 0 amide bonds. The molecular weight excluding hydrogens is 316 g/mol. The fourth-order valence-electron chi connectivity index (χ4n) is 3.97. The molecule has 0 saturated carbocycles. The third-order valence-electron chi connectivity index (χ3n) is 5.52. The maximum atomic E-state index is 12.3. The largest absolute Gasteiger partial charge is 0.481 e. The average molecular weight is 357 g/mol. The van der Waals surface area contributed by atoms with Crippen LogP contribution in [0.1, 0.15) is 93.4 Å². The first-order valence-electron chi connectivity index (χ1n) is 9.82. The highest BCUT2D eigenvalue weighted by molar-refractivity contribution is 5.75. The van der Waals surface area contributed by atoms with Crippen LogP contribution in [-0.4, -0.2) is 22.2 Å². The zero-order valence-electron chi connectivity index (χ0n) is 17.4. The number of rotatable bonds is 12. The Bertz CT molecular complexity index is 424. The molecule has 148 valence electrons. The normalized spacial score (nSPS) is 18.2. The van der Waals surface area contributed by atoms with Crippen molar-refractivity contribution in [2.24, 2.45) is 28.6 Å². The van der Waals surface area contributed by atoms with Crippen molar-refractivity contribution in [3.05, 3.63) is 0 Å². The summed E-state index contributed by atoms with van der Waals surface area (Å²) in [5, 5.41) is 19.2. The van der Waals surface area contributed by atoms with Crippen molar-refractivity contribution in [3.8, 4) is 0 Å². The first-order valence-corrected chi connectivity index (χ1v) is 9.82. The van der Waals surface area contributed by atoms with Gasteiger partial charge in [0.05, 0.1) is 11.3 Å². The molecule has 2 N–H and O–H groups in total. The quantitative estimate of drug-likeness (QED) is 0.460. The number of hydrogen-bond donors (Lipinski definition) is 2. The third kappa shape index (κ3) is 8.24. The number of hydrogen-bond acceptors (Lipinski definition) is 2. The molecule has 0 fully saturated rings. The summed E-state index contributed by atoms with van der Waals surface area (Å²) in [7, 11) is 0. The second-order valence-electron chi connectivity index (χ2n) is 9.35. The summed E-state index contributed by atoms with van der Waals surface area (Å²) in [6.45, 7) is 14.4. The molecule has 4 unspecified atom stereocenters. The van der Waals surface area contributed by atoms with Crippen molar-refractivity contribution in [2.45, 2.75) is 93.4 Å². The predicted octanol–water partition coefficient (Wildman–Crippen LogP) is 5.85. The molecule has 25 heavy (non-hydrogen) atoms. The van der Waals surface area contributed by atoms with E-state index in [0.29, 0.717) is 19.3 Å². The van der Waals surface area contributed by atoms with Crippen LogP contribution in [0.5, 0.6) is 0 Å². The lowest BCUT2D eigenvalue weighted by atomic mass is 9.64. The highest BCUT2D eigenvalue weighted by atomic mass is 16.4. The summed E-state index contributed by atoms with van der Waals surface area (Å²) in [4.78, 5) is 23.4. The van der Waals surface area contributed by atoms with E-state index in [9.17, 15) is 14.7 Å². The van der Waals surface area contributed by atoms with E-state index in [-0.39, 0.29) is 23.2 Å². The van der Waals surface area contributed by atoms with Crippen LogP contribution in [0.3, 0.4) is 0 Å². The zero-order chi connectivity index (χ0) is 19.8. The molecule has 0 heterocycles. The van der Waals surface area contributed by atoms with Gasteiger partial charge in [0.1, 0.15) is 0 Å². The van der Waals surface area contributed by atoms with E-state index in [1.165, 1.54) is 0 Å². The number of carbonyl (C=O) groups is 2. The molecule has 0 aromatic rings. The number of unbranched alkanes of at least 4 members (excludes halogenated alkanes) is 1. The SMILES string of the molecule is CCCCC(CCC(C)CC(C)C(=O)O)(C(=O)O)C(C)CC(C)(C)C. The first-order chi connectivity index (χ1) is 11.4. The van der Waals surface area contributed by atoms with E-state index in [2.05, 4.69) is 34.6 Å². The number of carboxylic acid groups (broad SMARTS) is 2. The van der Waals surface area contributed by atoms with Crippen LogP contribution in [0.2, 0.25) is 0 Å². The number of carboxylic acids is 2. The van der Waals surface area contributed by atoms with Gasteiger partial charge in [0, 0.05) is 0 Å². The van der Waals surface area contributed by atoms with Crippen LogP contribution >= 0.6 is 0 Å². The molecule has 0 rings (SSSR count). The molecule has 0 bridgehead atoms. The summed E-state index contributed by atoms with van der Waals surface area (Å²) in [6, 6.07) is 0. The predicted molar refractivity (Wildman–Crippen MR) is 103 cm³/mol. The Labute approximate surface area is 154 Å². The molecule has 4 atom stereocenters. The molecule has 0 aromatic heterocycles. The van der Waals surface area contributed by atoms with Gasteiger partial charge in [-0.2, -0.15) is 0 Å². The van der Waals surface area contributed by atoms with Crippen LogP contribution in [0.15, 0.2) is 0 Å². The van der Waals surface area contributed by atoms with Crippen molar-refractivity contribution in [1.29, 1.82) is 0 Å². The summed E-state index contributed by atoms with van der Waals surface area (Å²) in [6.07, 6.45) is 5.49. The average Bonchev–Trinajstić information content (AvgIpc) is 2.45. The first kappa shape index (κ1) is 23.9. The molecule has 0 saturated heterocycles. The molecule has 0 aliphatic rings. The molecule has 4 heteroatoms. The Hall–Kier alpha value is -1.06. The van der Waals surface area contributed by atoms with E-state index in [0.717, 1.165) is 25.7 Å². The number of aliphatic carboxylic acids is 2. The monoisotopic (exact) mass is 356 g/mol. The van der Waals surface area contributed by atoms with Crippen molar-refractivity contribution in [1.82, 2.24) is 0 Å². The summed E-state index contributed by atoms with van der Waals surface area (Å²) in [5.74, 6) is -1.52. The minimum absolute atomic E-state index is 0.0930. The second-order valence-corrected chi connectivity index (χ2v) is 9.35. The maximum Gasteiger partial charge on any atom is 0.309 e. The smallest absolute Gasteiger partial charge is 0.309 e. The molecule has 0 aliphatic carbocycles. The lowest BCUT2D eigenvalue weighted by Crippen LogP contribution is -2.39. The zero-order valence-corrected chi connectivity index (χ0v) is 17.4. The van der Waals surface area contributed by atoms with Crippen molar-refractivity contribution >= 4 is 11.9 Å². The third-order valence-corrected chi connectivity index (χ3v) is 5.52. The van der Waals surface area contributed by atoms with Gasteiger partial charge < -0.3 is 10.2 Å². The second kappa shape index (κ2) is 10.2. The van der Waals surface area contributed by atoms with Crippen molar-refractivity contribution in [2.75, 3.05) is 0 Å². The summed E-state index contributed by atoms with van der Waals surface area (Å²) >= 11 is 0.